The van der Waals surface area contributed by atoms with Gasteiger partial charge in [0.25, 0.3) is 0 Å². The summed E-state index contributed by atoms with van der Waals surface area (Å²) < 4.78 is 53.4. The van der Waals surface area contributed by atoms with Crippen LogP contribution < -0.4 is 16.0 Å². The summed E-state index contributed by atoms with van der Waals surface area (Å²) in [5, 5.41) is 0. The van der Waals surface area contributed by atoms with Crippen molar-refractivity contribution in [2.75, 3.05) is 6.61 Å². The number of ether oxygens (including phenoxy) is 1. The molecule has 0 aliphatic carbocycles. The minimum absolute atomic E-state index is 0.0331. The van der Waals surface area contributed by atoms with Gasteiger partial charge < -0.3 is 4.74 Å². The molecule has 0 spiro atoms. The van der Waals surface area contributed by atoms with Crippen LogP contribution in [0.2, 0.25) is 0 Å². The molecule has 1 rings (SSSR count). The Kier molecular flexibility index (Phi) is 4.08. The Morgan fingerprint density at radius 1 is 1.31 bits per heavy atom. The molecule has 0 aromatic heterocycles. The molecule has 7 heteroatoms. The summed E-state index contributed by atoms with van der Waals surface area (Å²) in [5.41, 5.74) is 2.13. The fourth-order valence-corrected chi connectivity index (χ4v) is 1.11. The minimum atomic E-state index is -4.46. The van der Waals surface area contributed by atoms with Gasteiger partial charge in [0.15, 0.2) is 6.61 Å². The number of nitrogens with two attached hydrogens (primary N) is 1. The first-order chi connectivity index (χ1) is 7.44. The third kappa shape index (κ3) is 3.67. The molecule has 16 heavy (non-hydrogen) atoms. The number of hydrogen-bond donors (Lipinski definition) is 2. The molecule has 3 N–H and O–H groups in total. The van der Waals surface area contributed by atoms with Crippen molar-refractivity contribution >= 4 is 0 Å². The fourth-order valence-electron chi connectivity index (χ4n) is 1.11. The number of hydrazine groups is 1. The summed E-state index contributed by atoms with van der Waals surface area (Å²) in [6.45, 7) is -1.58. The van der Waals surface area contributed by atoms with Gasteiger partial charge in [-0.05, 0) is 12.1 Å². The lowest BCUT2D eigenvalue weighted by Gasteiger charge is -2.13. The Hall–Kier alpha value is -1.34. The van der Waals surface area contributed by atoms with Gasteiger partial charge in [-0.3, -0.25) is 11.3 Å². The van der Waals surface area contributed by atoms with Crippen LogP contribution in [0.15, 0.2) is 18.2 Å². The van der Waals surface area contributed by atoms with Crippen LogP contribution in [-0.2, 0) is 6.54 Å². The largest absolute Gasteiger partial charge is 0.484 e. The van der Waals surface area contributed by atoms with E-state index in [0.29, 0.717) is 0 Å². The van der Waals surface area contributed by atoms with E-state index in [1.54, 1.807) is 0 Å². The molecular formula is C9H10F4N2O. The molecule has 0 saturated heterocycles. The van der Waals surface area contributed by atoms with Gasteiger partial charge in [0.1, 0.15) is 11.6 Å². The van der Waals surface area contributed by atoms with Crippen LogP contribution in [0.25, 0.3) is 0 Å². The van der Waals surface area contributed by atoms with Crippen molar-refractivity contribution in [2.24, 2.45) is 5.84 Å². The molecule has 0 unspecified atom stereocenters. The van der Waals surface area contributed by atoms with Gasteiger partial charge in [0, 0.05) is 12.1 Å². The van der Waals surface area contributed by atoms with E-state index in [4.69, 9.17) is 5.84 Å². The topological polar surface area (TPSA) is 47.3 Å². The highest BCUT2D eigenvalue weighted by atomic mass is 19.4. The molecule has 90 valence electrons. The van der Waals surface area contributed by atoms with Crippen molar-refractivity contribution in [3.05, 3.63) is 29.6 Å². The number of hydrogen-bond acceptors (Lipinski definition) is 3. The van der Waals surface area contributed by atoms with Crippen LogP contribution in [0.1, 0.15) is 5.56 Å². The molecule has 3 nitrogen and oxygen atoms in total. The number of rotatable bonds is 4. The first kappa shape index (κ1) is 12.7. The van der Waals surface area contributed by atoms with Gasteiger partial charge >= 0.3 is 6.18 Å². The van der Waals surface area contributed by atoms with E-state index in [0.717, 1.165) is 6.07 Å². The standard InChI is InChI=1S/C9H10F4N2O/c10-7-2-1-3-8(6(7)4-15-14)16-5-9(11,12)13/h1-3,15H,4-5,14H2. The second kappa shape index (κ2) is 5.13. The molecule has 0 fully saturated rings. The first-order valence-corrected chi connectivity index (χ1v) is 4.34. The highest BCUT2D eigenvalue weighted by Gasteiger charge is 2.29. The third-order valence-corrected chi connectivity index (χ3v) is 1.75. The number of nitrogens with one attached hydrogen (secondary N) is 1. The van der Waals surface area contributed by atoms with Gasteiger partial charge in [0.05, 0.1) is 0 Å². The Labute approximate surface area is 89.2 Å². The molecule has 0 aliphatic heterocycles. The number of benzene rings is 1. The van der Waals surface area contributed by atoms with E-state index < -0.39 is 18.6 Å². The van der Waals surface area contributed by atoms with Crippen molar-refractivity contribution in [3.8, 4) is 5.75 Å². The van der Waals surface area contributed by atoms with Crippen molar-refractivity contribution in [1.29, 1.82) is 0 Å². The maximum atomic E-state index is 13.2. The second-order valence-electron chi connectivity index (χ2n) is 3.00. The zero-order chi connectivity index (χ0) is 12.2. The van der Waals surface area contributed by atoms with E-state index in [1.807, 2.05) is 0 Å². The first-order valence-electron chi connectivity index (χ1n) is 4.34. The van der Waals surface area contributed by atoms with Crippen LogP contribution >= 0.6 is 0 Å². The molecule has 0 radical (unpaired) electrons. The summed E-state index contributed by atoms with van der Waals surface area (Å²) >= 11 is 0. The van der Waals surface area contributed by atoms with Gasteiger partial charge in [-0.1, -0.05) is 6.07 Å². The molecule has 1 aromatic rings. The number of alkyl halides is 3. The molecular weight excluding hydrogens is 228 g/mol. The Bertz CT molecular complexity index is 354. The van der Waals surface area contributed by atoms with Gasteiger partial charge in [-0.25, -0.2) is 4.39 Å². The van der Waals surface area contributed by atoms with E-state index in [1.165, 1.54) is 12.1 Å². The Morgan fingerprint density at radius 2 is 2.00 bits per heavy atom. The lowest BCUT2D eigenvalue weighted by molar-refractivity contribution is -0.153. The summed E-state index contributed by atoms with van der Waals surface area (Å²) in [7, 11) is 0. The number of halogens is 4. The smallest absolute Gasteiger partial charge is 0.422 e. The van der Waals surface area contributed by atoms with Crippen molar-refractivity contribution in [2.45, 2.75) is 12.7 Å². The van der Waals surface area contributed by atoms with Crippen LogP contribution in [0.3, 0.4) is 0 Å². The maximum absolute atomic E-state index is 13.2. The van der Waals surface area contributed by atoms with Crippen LogP contribution in [0, 0.1) is 5.82 Å². The lowest BCUT2D eigenvalue weighted by Crippen LogP contribution is -2.24. The van der Waals surface area contributed by atoms with Gasteiger partial charge in [-0.15, -0.1) is 0 Å². The van der Waals surface area contributed by atoms with E-state index >= 15 is 0 Å². The van der Waals surface area contributed by atoms with Crippen LogP contribution in [0.4, 0.5) is 17.6 Å². The molecule has 0 heterocycles. The highest BCUT2D eigenvalue weighted by molar-refractivity contribution is 5.34. The van der Waals surface area contributed by atoms with E-state index in [-0.39, 0.29) is 17.9 Å². The van der Waals surface area contributed by atoms with E-state index in [2.05, 4.69) is 10.2 Å². The fraction of sp³-hybridized carbons (Fsp3) is 0.333. The predicted molar refractivity (Wildman–Crippen MR) is 49.0 cm³/mol. The molecule has 0 aliphatic rings. The third-order valence-electron chi connectivity index (χ3n) is 1.75. The van der Waals surface area contributed by atoms with Crippen molar-refractivity contribution < 1.29 is 22.3 Å². The molecule has 1 aromatic carbocycles. The van der Waals surface area contributed by atoms with Gasteiger partial charge in [-0.2, -0.15) is 13.2 Å². The molecule has 0 bridgehead atoms. The summed E-state index contributed by atoms with van der Waals surface area (Å²) in [4.78, 5) is 0. The zero-order valence-corrected chi connectivity index (χ0v) is 8.14. The zero-order valence-electron chi connectivity index (χ0n) is 8.14. The van der Waals surface area contributed by atoms with E-state index in [9.17, 15) is 17.6 Å². The highest BCUT2D eigenvalue weighted by Crippen LogP contribution is 2.24. The SMILES string of the molecule is NNCc1c(F)cccc1OCC(F)(F)F. The Morgan fingerprint density at radius 3 is 2.56 bits per heavy atom. The average molecular weight is 238 g/mol. The van der Waals surface area contributed by atoms with Crippen molar-refractivity contribution in [1.82, 2.24) is 5.43 Å². The molecule has 0 amide bonds. The maximum Gasteiger partial charge on any atom is 0.422 e. The monoisotopic (exact) mass is 238 g/mol. The summed E-state index contributed by atoms with van der Waals surface area (Å²) in [6, 6.07) is 3.63. The normalized spacial score (nSPS) is 11.6. The molecule has 0 atom stereocenters. The molecule has 0 saturated carbocycles. The van der Waals surface area contributed by atoms with Crippen LogP contribution in [-0.4, -0.2) is 12.8 Å². The van der Waals surface area contributed by atoms with Crippen LogP contribution in [0.5, 0.6) is 5.75 Å². The quantitative estimate of drug-likeness (QED) is 0.477. The average Bonchev–Trinajstić information content (AvgIpc) is 2.18. The van der Waals surface area contributed by atoms with Crippen molar-refractivity contribution in [3.63, 3.8) is 0 Å². The van der Waals surface area contributed by atoms with Gasteiger partial charge in [0.2, 0.25) is 0 Å². The summed E-state index contributed by atoms with van der Waals surface area (Å²) in [5.74, 6) is 4.15. The lowest BCUT2D eigenvalue weighted by atomic mass is 10.2. The predicted octanol–water partition coefficient (Wildman–Crippen LogP) is 1.73. The second-order valence-corrected chi connectivity index (χ2v) is 3.00. The minimum Gasteiger partial charge on any atom is -0.484 e. The Balaban J connectivity index is 2.82. The summed E-state index contributed by atoms with van der Waals surface area (Å²) in [6.07, 6.45) is -4.46.